The van der Waals surface area contributed by atoms with E-state index in [0.717, 1.165) is 5.56 Å². The molecule has 1 N–H and O–H groups in total. The van der Waals surface area contributed by atoms with Crippen LogP contribution in [0.4, 0.5) is 0 Å². The second kappa shape index (κ2) is 3.75. The molecule has 0 aromatic carbocycles. The Balaban J connectivity index is 2.17. The van der Waals surface area contributed by atoms with E-state index in [1.54, 1.807) is 6.20 Å². The summed E-state index contributed by atoms with van der Waals surface area (Å²) < 4.78 is 4.69. The van der Waals surface area contributed by atoms with Crippen LogP contribution in [0.3, 0.4) is 0 Å². The summed E-state index contributed by atoms with van der Waals surface area (Å²) in [5.41, 5.74) is 2.34. The standard InChI is InChI=1S/C10H12N2O2/c1-14-10(13)9-4-7-2-3-11-5-8(7)6-12-9/h2-3,5,9,12H,4,6H2,1H3. The summed E-state index contributed by atoms with van der Waals surface area (Å²) in [6.07, 6.45) is 4.26. The van der Waals surface area contributed by atoms with Crippen LogP contribution >= 0.6 is 0 Å². The van der Waals surface area contributed by atoms with Gasteiger partial charge in [-0.15, -0.1) is 0 Å². The van der Waals surface area contributed by atoms with Crippen LogP contribution in [0.1, 0.15) is 11.1 Å². The molecule has 1 atom stereocenters. The van der Waals surface area contributed by atoms with E-state index < -0.39 is 0 Å². The van der Waals surface area contributed by atoms with Crippen molar-refractivity contribution in [1.29, 1.82) is 0 Å². The first-order valence-electron chi connectivity index (χ1n) is 4.54. The molecular weight excluding hydrogens is 180 g/mol. The maximum absolute atomic E-state index is 11.3. The zero-order valence-corrected chi connectivity index (χ0v) is 7.99. The molecule has 2 heterocycles. The van der Waals surface area contributed by atoms with E-state index in [1.807, 2.05) is 12.3 Å². The molecule has 74 valence electrons. The normalized spacial score (nSPS) is 19.9. The lowest BCUT2D eigenvalue weighted by Gasteiger charge is -2.23. The molecule has 0 saturated heterocycles. The molecule has 4 nitrogen and oxygen atoms in total. The fourth-order valence-corrected chi connectivity index (χ4v) is 1.65. The van der Waals surface area contributed by atoms with Gasteiger partial charge < -0.3 is 4.74 Å². The third-order valence-corrected chi connectivity index (χ3v) is 2.45. The summed E-state index contributed by atoms with van der Waals surface area (Å²) in [5.74, 6) is -0.201. The minimum absolute atomic E-state index is 0.201. The summed E-state index contributed by atoms with van der Waals surface area (Å²) in [5, 5.41) is 3.11. The summed E-state index contributed by atoms with van der Waals surface area (Å²) in [6, 6.07) is 1.74. The van der Waals surface area contributed by atoms with E-state index in [-0.39, 0.29) is 12.0 Å². The number of esters is 1. The van der Waals surface area contributed by atoms with Crippen LogP contribution in [-0.2, 0) is 22.5 Å². The van der Waals surface area contributed by atoms with Crippen LogP contribution in [0, 0.1) is 0 Å². The predicted octanol–water partition coefficient (Wildman–Crippen LogP) is 0.269. The highest BCUT2D eigenvalue weighted by molar-refractivity contribution is 5.76. The first-order valence-corrected chi connectivity index (χ1v) is 4.54. The number of aromatic nitrogens is 1. The van der Waals surface area contributed by atoms with E-state index in [9.17, 15) is 4.79 Å². The fourth-order valence-electron chi connectivity index (χ4n) is 1.65. The lowest BCUT2D eigenvalue weighted by atomic mass is 9.98. The van der Waals surface area contributed by atoms with Crippen molar-refractivity contribution in [1.82, 2.24) is 10.3 Å². The van der Waals surface area contributed by atoms with Crippen LogP contribution in [-0.4, -0.2) is 24.1 Å². The van der Waals surface area contributed by atoms with Crippen LogP contribution in [0.15, 0.2) is 18.5 Å². The molecule has 1 aliphatic heterocycles. The number of hydrogen-bond donors (Lipinski definition) is 1. The number of nitrogens with zero attached hydrogens (tertiary/aromatic N) is 1. The molecule has 4 heteroatoms. The molecule has 2 rings (SSSR count). The number of fused-ring (bicyclic) bond motifs is 1. The third kappa shape index (κ3) is 1.61. The van der Waals surface area contributed by atoms with Crippen molar-refractivity contribution in [3.05, 3.63) is 29.6 Å². The maximum Gasteiger partial charge on any atom is 0.323 e. The molecule has 0 spiro atoms. The van der Waals surface area contributed by atoms with Gasteiger partial charge in [-0.1, -0.05) is 0 Å². The van der Waals surface area contributed by atoms with Crippen molar-refractivity contribution in [3.63, 3.8) is 0 Å². The van der Waals surface area contributed by atoms with Crippen molar-refractivity contribution in [2.75, 3.05) is 7.11 Å². The van der Waals surface area contributed by atoms with Gasteiger partial charge in [-0.05, 0) is 23.6 Å². The monoisotopic (exact) mass is 192 g/mol. The second-order valence-corrected chi connectivity index (χ2v) is 3.31. The quantitative estimate of drug-likeness (QED) is 0.649. The Labute approximate surface area is 82.3 Å². The van der Waals surface area contributed by atoms with Crippen molar-refractivity contribution < 1.29 is 9.53 Å². The molecule has 1 unspecified atom stereocenters. The second-order valence-electron chi connectivity index (χ2n) is 3.31. The third-order valence-electron chi connectivity index (χ3n) is 2.45. The van der Waals surface area contributed by atoms with Crippen LogP contribution in [0.5, 0.6) is 0 Å². The molecule has 0 amide bonds. The average Bonchev–Trinajstić information content (AvgIpc) is 2.27. The summed E-state index contributed by atoms with van der Waals surface area (Å²) >= 11 is 0. The first kappa shape index (κ1) is 9.15. The number of ether oxygens (including phenoxy) is 1. The summed E-state index contributed by atoms with van der Waals surface area (Å²) in [6.45, 7) is 0.683. The minimum atomic E-state index is -0.213. The summed E-state index contributed by atoms with van der Waals surface area (Å²) in [4.78, 5) is 15.3. The van der Waals surface area contributed by atoms with Gasteiger partial charge in [0, 0.05) is 18.9 Å². The van der Waals surface area contributed by atoms with Crippen molar-refractivity contribution in [2.45, 2.75) is 19.0 Å². The number of pyridine rings is 1. The highest BCUT2D eigenvalue weighted by Gasteiger charge is 2.24. The van der Waals surface area contributed by atoms with E-state index in [1.165, 1.54) is 12.7 Å². The number of methoxy groups -OCH3 is 1. The number of rotatable bonds is 1. The molecule has 0 saturated carbocycles. The Morgan fingerprint density at radius 2 is 2.50 bits per heavy atom. The molecule has 14 heavy (non-hydrogen) atoms. The minimum Gasteiger partial charge on any atom is -0.468 e. The van der Waals surface area contributed by atoms with Crippen molar-refractivity contribution in [2.24, 2.45) is 0 Å². The van der Waals surface area contributed by atoms with Gasteiger partial charge >= 0.3 is 5.97 Å². The number of carbonyl (C=O) groups excluding carboxylic acids is 1. The lowest BCUT2D eigenvalue weighted by molar-refractivity contribution is -0.143. The van der Waals surface area contributed by atoms with Crippen LogP contribution < -0.4 is 5.32 Å². The molecule has 0 aliphatic carbocycles. The van der Waals surface area contributed by atoms with E-state index in [2.05, 4.69) is 15.0 Å². The van der Waals surface area contributed by atoms with E-state index in [0.29, 0.717) is 13.0 Å². The lowest BCUT2D eigenvalue weighted by Crippen LogP contribution is -2.42. The van der Waals surface area contributed by atoms with Gasteiger partial charge in [0.05, 0.1) is 7.11 Å². The van der Waals surface area contributed by atoms with E-state index in [4.69, 9.17) is 0 Å². The Morgan fingerprint density at radius 1 is 1.64 bits per heavy atom. The van der Waals surface area contributed by atoms with Gasteiger partial charge in [-0.2, -0.15) is 0 Å². The predicted molar refractivity (Wildman–Crippen MR) is 50.6 cm³/mol. The summed E-state index contributed by atoms with van der Waals surface area (Å²) in [7, 11) is 1.41. The van der Waals surface area contributed by atoms with Gasteiger partial charge in [0.2, 0.25) is 0 Å². The Bertz CT molecular complexity index is 352. The number of carbonyl (C=O) groups is 1. The Morgan fingerprint density at radius 3 is 3.29 bits per heavy atom. The van der Waals surface area contributed by atoms with Crippen molar-refractivity contribution in [3.8, 4) is 0 Å². The topological polar surface area (TPSA) is 51.2 Å². The van der Waals surface area contributed by atoms with Gasteiger partial charge in [0.1, 0.15) is 6.04 Å². The molecule has 0 fully saturated rings. The largest absolute Gasteiger partial charge is 0.468 e. The van der Waals surface area contributed by atoms with Gasteiger partial charge in [0.25, 0.3) is 0 Å². The molecule has 1 aliphatic rings. The highest BCUT2D eigenvalue weighted by Crippen LogP contribution is 2.15. The maximum atomic E-state index is 11.3. The zero-order chi connectivity index (χ0) is 9.97. The highest BCUT2D eigenvalue weighted by atomic mass is 16.5. The zero-order valence-electron chi connectivity index (χ0n) is 7.99. The van der Waals surface area contributed by atoms with Gasteiger partial charge in [-0.25, -0.2) is 0 Å². The van der Waals surface area contributed by atoms with Crippen LogP contribution in [0.25, 0.3) is 0 Å². The van der Waals surface area contributed by atoms with Crippen LogP contribution in [0.2, 0.25) is 0 Å². The van der Waals surface area contributed by atoms with Gasteiger partial charge in [0.15, 0.2) is 0 Å². The molecule has 1 aromatic rings. The Kier molecular flexibility index (Phi) is 2.45. The first-order chi connectivity index (χ1) is 6.81. The van der Waals surface area contributed by atoms with Crippen molar-refractivity contribution >= 4 is 5.97 Å². The fraction of sp³-hybridized carbons (Fsp3) is 0.400. The number of nitrogens with one attached hydrogen (secondary N) is 1. The molecule has 1 aromatic heterocycles. The smallest absolute Gasteiger partial charge is 0.323 e. The average molecular weight is 192 g/mol. The SMILES string of the molecule is COC(=O)C1Cc2ccncc2CN1. The number of hydrogen-bond acceptors (Lipinski definition) is 4. The molecule has 0 radical (unpaired) electrons. The Hall–Kier alpha value is -1.42. The molecular formula is C10H12N2O2. The van der Waals surface area contributed by atoms with E-state index >= 15 is 0 Å². The van der Waals surface area contributed by atoms with Gasteiger partial charge in [-0.3, -0.25) is 15.1 Å². The molecule has 0 bridgehead atoms.